The SMILES string of the molecule is O=C(CCc1c[nH]c2ccccc12)N1CCSc2ccccc21. The van der Waals surface area contributed by atoms with E-state index < -0.39 is 0 Å². The van der Waals surface area contributed by atoms with Gasteiger partial charge in [0.2, 0.25) is 5.91 Å². The van der Waals surface area contributed by atoms with Crippen molar-refractivity contribution in [2.45, 2.75) is 17.7 Å². The zero-order valence-corrected chi connectivity index (χ0v) is 13.6. The molecule has 0 bridgehead atoms. The van der Waals surface area contributed by atoms with Crippen LogP contribution in [-0.4, -0.2) is 23.2 Å². The molecule has 0 atom stereocenters. The standard InChI is InChI=1S/C19H18N2OS/c22-19(21-11-12-23-18-8-4-3-7-17(18)21)10-9-14-13-20-16-6-2-1-5-15(14)16/h1-8,13,20H,9-12H2. The number of rotatable bonds is 3. The number of amides is 1. The van der Waals surface area contributed by atoms with Crippen molar-refractivity contribution in [2.24, 2.45) is 0 Å². The molecule has 1 amide bonds. The van der Waals surface area contributed by atoms with Crippen LogP contribution in [0.25, 0.3) is 10.9 Å². The van der Waals surface area contributed by atoms with E-state index in [1.54, 1.807) is 0 Å². The quantitative estimate of drug-likeness (QED) is 0.783. The Morgan fingerprint density at radius 1 is 1.13 bits per heavy atom. The van der Waals surface area contributed by atoms with Crippen LogP contribution in [0.1, 0.15) is 12.0 Å². The molecule has 0 spiro atoms. The number of H-pyrrole nitrogens is 1. The number of carbonyl (C=O) groups is 1. The number of aryl methyl sites for hydroxylation is 1. The number of hydrogen-bond donors (Lipinski definition) is 1. The Balaban J connectivity index is 1.51. The minimum atomic E-state index is 0.211. The number of fused-ring (bicyclic) bond motifs is 2. The van der Waals surface area contributed by atoms with Crippen LogP contribution in [0.5, 0.6) is 0 Å². The van der Waals surface area contributed by atoms with E-state index in [1.165, 1.54) is 15.8 Å². The normalized spacial score (nSPS) is 14.0. The van der Waals surface area contributed by atoms with Gasteiger partial charge in [-0.25, -0.2) is 0 Å². The van der Waals surface area contributed by atoms with Crippen LogP contribution < -0.4 is 4.90 Å². The lowest BCUT2D eigenvalue weighted by Gasteiger charge is -2.29. The van der Waals surface area contributed by atoms with E-state index in [0.717, 1.165) is 29.9 Å². The zero-order chi connectivity index (χ0) is 15.6. The number of benzene rings is 2. The maximum Gasteiger partial charge on any atom is 0.227 e. The van der Waals surface area contributed by atoms with Gasteiger partial charge in [-0.2, -0.15) is 0 Å². The summed E-state index contributed by atoms with van der Waals surface area (Å²) >= 11 is 1.83. The molecule has 1 N–H and O–H groups in total. The molecule has 4 heteroatoms. The fraction of sp³-hybridized carbons (Fsp3) is 0.211. The Morgan fingerprint density at radius 3 is 2.91 bits per heavy atom. The van der Waals surface area contributed by atoms with Gasteiger partial charge in [0.1, 0.15) is 0 Å². The molecule has 0 fully saturated rings. The van der Waals surface area contributed by atoms with Gasteiger partial charge in [0.15, 0.2) is 0 Å². The van der Waals surface area contributed by atoms with E-state index in [-0.39, 0.29) is 5.91 Å². The summed E-state index contributed by atoms with van der Waals surface area (Å²) in [7, 11) is 0. The molecule has 0 aliphatic carbocycles. The van der Waals surface area contributed by atoms with Gasteiger partial charge in [-0.15, -0.1) is 11.8 Å². The summed E-state index contributed by atoms with van der Waals surface area (Å²) in [6.45, 7) is 0.800. The van der Waals surface area contributed by atoms with Crippen molar-refractivity contribution in [1.82, 2.24) is 4.98 Å². The Hall–Kier alpha value is -2.20. The minimum Gasteiger partial charge on any atom is -0.361 e. The topological polar surface area (TPSA) is 36.1 Å². The Morgan fingerprint density at radius 2 is 1.96 bits per heavy atom. The number of thioether (sulfide) groups is 1. The number of carbonyl (C=O) groups excluding carboxylic acids is 1. The molecule has 1 aromatic heterocycles. The maximum absolute atomic E-state index is 12.7. The Bertz CT molecular complexity index is 855. The van der Waals surface area contributed by atoms with E-state index in [2.05, 4.69) is 23.2 Å². The summed E-state index contributed by atoms with van der Waals surface area (Å²) < 4.78 is 0. The highest BCUT2D eigenvalue weighted by Crippen LogP contribution is 2.34. The fourth-order valence-corrected chi connectivity index (χ4v) is 4.14. The van der Waals surface area contributed by atoms with Gasteiger partial charge >= 0.3 is 0 Å². The average Bonchev–Trinajstić information content (AvgIpc) is 3.02. The molecule has 0 radical (unpaired) electrons. The lowest BCUT2D eigenvalue weighted by molar-refractivity contribution is -0.118. The largest absolute Gasteiger partial charge is 0.361 e. The molecule has 3 nitrogen and oxygen atoms in total. The summed E-state index contributed by atoms with van der Waals surface area (Å²) in [6, 6.07) is 16.4. The predicted molar refractivity (Wildman–Crippen MR) is 96.1 cm³/mol. The van der Waals surface area contributed by atoms with Crippen LogP contribution in [-0.2, 0) is 11.2 Å². The van der Waals surface area contributed by atoms with E-state index >= 15 is 0 Å². The molecule has 2 heterocycles. The van der Waals surface area contributed by atoms with Crippen LogP contribution in [0.15, 0.2) is 59.6 Å². The van der Waals surface area contributed by atoms with Crippen LogP contribution in [0.4, 0.5) is 5.69 Å². The van der Waals surface area contributed by atoms with Crippen molar-refractivity contribution < 1.29 is 4.79 Å². The molecule has 23 heavy (non-hydrogen) atoms. The third kappa shape index (κ3) is 2.75. The van der Waals surface area contributed by atoms with Gasteiger partial charge in [0, 0.05) is 40.7 Å². The second kappa shape index (κ2) is 6.13. The molecular weight excluding hydrogens is 304 g/mol. The average molecular weight is 322 g/mol. The molecule has 0 unspecified atom stereocenters. The highest BCUT2D eigenvalue weighted by Gasteiger charge is 2.22. The van der Waals surface area contributed by atoms with Crippen molar-refractivity contribution in [3.63, 3.8) is 0 Å². The van der Waals surface area contributed by atoms with Crippen molar-refractivity contribution >= 4 is 34.3 Å². The van der Waals surface area contributed by atoms with E-state index in [4.69, 9.17) is 0 Å². The zero-order valence-electron chi connectivity index (χ0n) is 12.8. The first kappa shape index (κ1) is 14.4. The number of anilines is 1. The maximum atomic E-state index is 12.7. The number of para-hydroxylation sites is 2. The number of aromatic nitrogens is 1. The van der Waals surface area contributed by atoms with E-state index in [0.29, 0.717) is 6.42 Å². The smallest absolute Gasteiger partial charge is 0.227 e. The highest BCUT2D eigenvalue weighted by molar-refractivity contribution is 7.99. The first-order valence-corrected chi connectivity index (χ1v) is 8.89. The van der Waals surface area contributed by atoms with Gasteiger partial charge < -0.3 is 9.88 Å². The summed E-state index contributed by atoms with van der Waals surface area (Å²) in [4.78, 5) is 19.1. The Labute approximate surface area is 139 Å². The first-order chi connectivity index (χ1) is 11.3. The number of aromatic amines is 1. The summed E-state index contributed by atoms with van der Waals surface area (Å²) in [5, 5.41) is 1.22. The predicted octanol–water partition coefficient (Wildman–Crippen LogP) is 4.24. The van der Waals surface area contributed by atoms with Crippen molar-refractivity contribution in [2.75, 3.05) is 17.2 Å². The third-order valence-corrected chi connectivity index (χ3v) is 5.36. The molecule has 1 aliphatic heterocycles. The molecule has 1 aliphatic rings. The van der Waals surface area contributed by atoms with Crippen LogP contribution in [0.2, 0.25) is 0 Å². The second-order valence-corrected chi connectivity index (χ2v) is 6.86. The first-order valence-electron chi connectivity index (χ1n) is 7.90. The van der Waals surface area contributed by atoms with Crippen molar-refractivity contribution in [1.29, 1.82) is 0 Å². The van der Waals surface area contributed by atoms with Crippen LogP contribution in [0, 0.1) is 0 Å². The van der Waals surface area contributed by atoms with Crippen LogP contribution in [0.3, 0.4) is 0 Å². The van der Waals surface area contributed by atoms with Crippen LogP contribution >= 0.6 is 11.8 Å². The van der Waals surface area contributed by atoms with Gasteiger partial charge in [0.05, 0.1) is 5.69 Å². The summed E-state index contributed by atoms with van der Waals surface area (Å²) in [6.07, 6.45) is 3.34. The van der Waals surface area contributed by atoms with Crippen molar-refractivity contribution in [3.05, 3.63) is 60.3 Å². The molecule has 2 aromatic carbocycles. The van der Waals surface area contributed by atoms with Gasteiger partial charge in [0.25, 0.3) is 0 Å². The number of hydrogen-bond acceptors (Lipinski definition) is 2. The van der Waals surface area contributed by atoms with Gasteiger partial charge in [-0.05, 0) is 30.2 Å². The third-order valence-electron chi connectivity index (χ3n) is 4.31. The number of nitrogens with one attached hydrogen (secondary N) is 1. The number of nitrogens with zero attached hydrogens (tertiary/aromatic N) is 1. The lowest BCUT2D eigenvalue weighted by Crippen LogP contribution is -2.35. The molecule has 0 saturated carbocycles. The summed E-state index contributed by atoms with van der Waals surface area (Å²) in [5.74, 6) is 1.18. The minimum absolute atomic E-state index is 0.211. The Kier molecular flexibility index (Phi) is 3.83. The molecule has 0 saturated heterocycles. The van der Waals surface area contributed by atoms with Gasteiger partial charge in [-0.3, -0.25) is 4.79 Å². The van der Waals surface area contributed by atoms with Crippen molar-refractivity contribution in [3.8, 4) is 0 Å². The lowest BCUT2D eigenvalue weighted by atomic mass is 10.1. The molecule has 4 rings (SSSR count). The summed E-state index contributed by atoms with van der Waals surface area (Å²) in [5.41, 5.74) is 3.41. The molecule has 116 valence electrons. The highest BCUT2D eigenvalue weighted by atomic mass is 32.2. The van der Waals surface area contributed by atoms with Gasteiger partial charge in [-0.1, -0.05) is 30.3 Å². The van der Waals surface area contributed by atoms with E-state index in [1.807, 2.05) is 53.2 Å². The molecular formula is C19H18N2OS. The van der Waals surface area contributed by atoms with E-state index in [9.17, 15) is 4.79 Å². The fourth-order valence-electron chi connectivity index (χ4n) is 3.14. The monoisotopic (exact) mass is 322 g/mol. The second-order valence-electron chi connectivity index (χ2n) is 5.72. The molecule has 3 aromatic rings.